The van der Waals surface area contributed by atoms with Gasteiger partial charge in [-0.05, 0) is 30.2 Å². The van der Waals surface area contributed by atoms with Gasteiger partial charge in [-0.15, -0.1) is 0 Å². The van der Waals surface area contributed by atoms with E-state index in [0.717, 1.165) is 13.1 Å². The van der Waals surface area contributed by atoms with Crippen molar-refractivity contribution in [1.29, 1.82) is 0 Å². The van der Waals surface area contributed by atoms with E-state index in [1.54, 1.807) is 24.5 Å². The maximum absolute atomic E-state index is 12.7. The van der Waals surface area contributed by atoms with Crippen molar-refractivity contribution in [2.45, 2.75) is 26.4 Å². The molecule has 2 aromatic heterocycles. The molecule has 4 heteroatoms. The lowest BCUT2D eigenvalue weighted by atomic mass is 9.96. The lowest BCUT2D eigenvalue weighted by Gasteiger charge is -2.39. The molecule has 0 N–H and O–H groups in total. The van der Waals surface area contributed by atoms with Crippen LogP contribution in [0, 0.1) is 5.92 Å². The number of hydrogen-bond donors (Lipinski definition) is 0. The Morgan fingerprint density at radius 3 is 2.70 bits per heavy atom. The number of fused-ring (bicyclic) bond motifs is 1. The van der Waals surface area contributed by atoms with Gasteiger partial charge in [-0.3, -0.25) is 9.78 Å². The summed E-state index contributed by atoms with van der Waals surface area (Å²) in [6.45, 7) is 5.95. The lowest BCUT2D eigenvalue weighted by molar-refractivity contribution is 0.0556. The molecule has 0 aromatic carbocycles. The zero-order valence-corrected chi connectivity index (χ0v) is 11.9. The minimum atomic E-state index is 0.0959. The Kier molecular flexibility index (Phi) is 3.30. The molecular weight excluding hydrogens is 250 g/mol. The minimum absolute atomic E-state index is 0.0959. The number of hydrogen-bond acceptors (Lipinski definition) is 2. The molecule has 0 saturated heterocycles. The third-order valence-corrected chi connectivity index (χ3v) is 3.90. The highest BCUT2D eigenvalue weighted by Crippen LogP contribution is 2.33. The SMILES string of the molecule is CC(C)[C@@H]1c2cccn2CCN1C(=O)c1ccncc1. The maximum atomic E-state index is 12.7. The normalized spacial score (nSPS) is 18.1. The average molecular weight is 269 g/mol. The molecule has 3 rings (SSSR count). The summed E-state index contributed by atoms with van der Waals surface area (Å²) in [5, 5.41) is 0. The summed E-state index contributed by atoms with van der Waals surface area (Å²) in [6.07, 6.45) is 5.44. The first kappa shape index (κ1) is 12.9. The molecule has 0 spiro atoms. The van der Waals surface area contributed by atoms with Crippen LogP contribution in [0.1, 0.15) is 35.9 Å². The summed E-state index contributed by atoms with van der Waals surface area (Å²) in [7, 11) is 0. The van der Waals surface area contributed by atoms with Crippen LogP contribution >= 0.6 is 0 Å². The van der Waals surface area contributed by atoms with Crippen molar-refractivity contribution in [3.63, 3.8) is 0 Å². The monoisotopic (exact) mass is 269 g/mol. The molecule has 0 fully saturated rings. The van der Waals surface area contributed by atoms with Crippen LogP contribution in [0.3, 0.4) is 0 Å². The van der Waals surface area contributed by atoms with Gasteiger partial charge < -0.3 is 9.47 Å². The number of rotatable bonds is 2. The molecule has 1 amide bonds. The van der Waals surface area contributed by atoms with Gasteiger partial charge in [-0.1, -0.05) is 13.8 Å². The fraction of sp³-hybridized carbons (Fsp3) is 0.375. The Balaban J connectivity index is 1.96. The van der Waals surface area contributed by atoms with Gasteiger partial charge in [-0.2, -0.15) is 0 Å². The predicted octanol–water partition coefficient (Wildman–Crippen LogP) is 2.74. The quantitative estimate of drug-likeness (QED) is 0.840. The van der Waals surface area contributed by atoms with E-state index in [0.29, 0.717) is 11.5 Å². The third kappa shape index (κ3) is 2.11. The fourth-order valence-electron chi connectivity index (χ4n) is 3.00. The zero-order valence-electron chi connectivity index (χ0n) is 11.9. The van der Waals surface area contributed by atoms with Gasteiger partial charge in [0, 0.05) is 42.9 Å². The van der Waals surface area contributed by atoms with Crippen LogP contribution in [0.15, 0.2) is 42.9 Å². The Labute approximate surface area is 119 Å². The molecule has 0 radical (unpaired) electrons. The van der Waals surface area contributed by atoms with Gasteiger partial charge in [0.25, 0.3) is 5.91 Å². The van der Waals surface area contributed by atoms with E-state index in [4.69, 9.17) is 0 Å². The first-order valence-electron chi connectivity index (χ1n) is 7.04. The highest BCUT2D eigenvalue weighted by molar-refractivity contribution is 5.94. The first-order valence-corrected chi connectivity index (χ1v) is 7.04. The summed E-state index contributed by atoms with van der Waals surface area (Å²) in [6, 6.07) is 7.89. The number of amides is 1. The smallest absolute Gasteiger partial charge is 0.254 e. The fourth-order valence-corrected chi connectivity index (χ4v) is 3.00. The van der Waals surface area contributed by atoms with Crippen LogP contribution in [-0.2, 0) is 6.54 Å². The molecule has 20 heavy (non-hydrogen) atoms. The predicted molar refractivity (Wildman–Crippen MR) is 77.3 cm³/mol. The van der Waals surface area contributed by atoms with Crippen LogP contribution in [0.25, 0.3) is 0 Å². The topological polar surface area (TPSA) is 38.1 Å². The molecule has 0 unspecified atom stereocenters. The summed E-state index contributed by atoms with van der Waals surface area (Å²) in [5.41, 5.74) is 1.94. The second kappa shape index (κ2) is 5.12. The number of nitrogens with zero attached hydrogens (tertiary/aromatic N) is 3. The Morgan fingerprint density at radius 1 is 1.25 bits per heavy atom. The van der Waals surface area contributed by atoms with Crippen LogP contribution in [0.5, 0.6) is 0 Å². The van der Waals surface area contributed by atoms with Crippen molar-refractivity contribution >= 4 is 5.91 Å². The van der Waals surface area contributed by atoms with E-state index in [1.807, 2.05) is 4.90 Å². The second-order valence-corrected chi connectivity index (χ2v) is 5.55. The molecule has 1 atom stereocenters. The Hall–Kier alpha value is -2.10. The average Bonchev–Trinajstić information content (AvgIpc) is 2.94. The molecule has 0 aliphatic carbocycles. The maximum Gasteiger partial charge on any atom is 0.254 e. The van der Waals surface area contributed by atoms with E-state index in [1.165, 1.54) is 5.69 Å². The summed E-state index contributed by atoms with van der Waals surface area (Å²) in [4.78, 5) is 18.7. The van der Waals surface area contributed by atoms with Gasteiger partial charge in [0.15, 0.2) is 0 Å². The highest BCUT2D eigenvalue weighted by Gasteiger charge is 2.33. The largest absolute Gasteiger partial charge is 0.348 e. The standard InChI is InChI=1S/C16H19N3O/c1-12(2)15-14-4-3-9-18(14)10-11-19(15)16(20)13-5-7-17-8-6-13/h3-9,12,15H,10-11H2,1-2H3/t15-/m1/s1. The molecule has 104 valence electrons. The van der Waals surface area contributed by atoms with Crippen molar-refractivity contribution < 1.29 is 4.79 Å². The number of pyridine rings is 1. The number of carbonyl (C=O) groups excluding carboxylic acids is 1. The second-order valence-electron chi connectivity index (χ2n) is 5.55. The molecule has 0 saturated carbocycles. The highest BCUT2D eigenvalue weighted by atomic mass is 16.2. The van der Waals surface area contributed by atoms with Crippen LogP contribution < -0.4 is 0 Å². The number of carbonyl (C=O) groups is 1. The molecular formula is C16H19N3O. The van der Waals surface area contributed by atoms with Gasteiger partial charge in [-0.25, -0.2) is 0 Å². The van der Waals surface area contributed by atoms with Crippen molar-refractivity contribution in [2.24, 2.45) is 5.92 Å². The molecule has 0 bridgehead atoms. The third-order valence-electron chi connectivity index (χ3n) is 3.90. The van der Waals surface area contributed by atoms with E-state index in [-0.39, 0.29) is 11.9 Å². The molecule has 1 aliphatic rings. The first-order chi connectivity index (χ1) is 9.68. The van der Waals surface area contributed by atoms with Crippen LogP contribution in [0.2, 0.25) is 0 Å². The lowest BCUT2D eigenvalue weighted by Crippen LogP contribution is -2.43. The summed E-state index contributed by atoms with van der Waals surface area (Å²) in [5.74, 6) is 0.480. The summed E-state index contributed by atoms with van der Waals surface area (Å²) >= 11 is 0. The Morgan fingerprint density at radius 2 is 2.00 bits per heavy atom. The van der Waals surface area contributed by atoms with Gasteiger partial charge >= 0.3 is 0 Å². The van der Waals surface area contributed by atoms with E-state index in [2.05, 4.69) is 41.7 Å². The van der Waals surface area contributed by atoms with Crippen LogP contribution in [0.4, 0.5) is 0 Å². The van der Waals surface area contributed by atoms with E-state index in [9.17, 15) is 4.79 Å². The van der Waals surface area contributed by atoms with E-state index >= 15 is 0 Å². The van der Waals surface area contributed by atoms with Gasteiger partial charge in [0.05, 0.1) is 6.04 Å². The van der Waals surface area contributed by atoms with E-state index < -0.39 is 0 Å². The minimum Gasteiger partial charge on any atom is -0.348 e. The van der Waals surface area contributed by atoms with Crippen molar-refractivity contribution in [3.05, 3.63) is 54.1 Å². The zero-order chi connectivity index (χ0) is 14.1. The van der Waals surface area contributed by atoms with Crippen LogP contribution in [-0.4, -0.2) is 26.9 Å². The molecule has 3 heterocycles. The Bertz CT molecular complexity index is 603. The molecule has 2 aromatic rings. The van der Waals surface area contributed by atoms with Gasteiger partial charge in [0.2, 0.25) is 0 Å². The van der Waals surface area contributed by atoms with Crippen molar-refractivity contribution in [3.8, 4) is 0 Å². The number of aromatic nitrogens is 2. The summed E-state index contributed by atoms with van der Waals surface area (Å²) < 4.78 is 2.25. The molecule has 1 aliphatic heterocycles. The molecule has 4 nitrogen and oxygen atoms in total. The van der Waals surface area contributed by atoms with Crippen molar-refractivity contribution in [1.82, 2.24) is 14.5 Å². The van der Waals surface area contributed by atoms with Gasteiger partial charge in [0.1, 0.15) is 0 Å². The van der Waals surface area contributed by atoms with Crippen molar-refractivity contribution in [2.75, 3.05) is 6.54 Å².